The van der Waals surface area contributed by atoms with Crippen LogP contribution < -0.4 is 9.46 Å². The Morgan fingerprint density at radius 3 is 2.39 bits per heavy atom. The number of anilines is 1. The number of aryl methyl sites for hydroxylation is 2. The van der Waals surface area contributed by atoms with Crippen LogP contribution in [0.1, 0.15) is 52.2 Å². The van der Waals surface area contributed by atoms with Gasteiger partial charge in [-0.05, 0) is 53.8 Å². The zero-order valence-electron chi connectivity index (χ0n) is 21.9. The average Bonchev–Trinajstić information content (AvgIpc) is 3.26. The lowest BCUT2D eigenvalue weighted by Gasteiger charge is -2.26. The fraction of sp³-hybridized carbons (Fsp3) is 0.345. The first-order valence-corrected chi connectivity index (χ1v) is 13.2. The van der Waals surface area contributed by atoms with Crippen molar-refractivity contribution < 1.29 is 4.74 Å². The van der Waals surface area contributed by atoms with Gasteiger partial charge in [-0.25, -0.2) is 4.98 Å². The third-order valence-electron chi connectivity index (χ3n) is 5.79. The smallest absolute Gasteiger partial charge is 0.237 e. The molecule has 188 valence electrons. The summed E-state index contributed by atoms with van der Waals surface area (Å²) in [6, 6.07) is 18.4. The zero-order chi connectivity index (χ0) is 25.7. The zero-order valence-corrected chi connectivity index (χ0v) is 22.8. The number of ether oxygens (including phenoxy) is 1. The first-order chi connectivity index (χ1) is 17.2. The molecule has 0 fully saturated rings. The Morgan fingerprint density at radius 1 is 1.00 bits per heavy atom. The molecule has 7 heteroatoms. The molecule has 0 atom stereocenters. The molecule has 0 aliphatic carbocycles. The number of rotatable bonds is 9. The standard InChI is InChI=1S/C29H35N5OS/c1-20(2)16-17-21-12-10-11-15-24(21)26-25(29(3,4)5)27(35-22-13-8-7-9-14-22)32-28(31-26)33-36-23-18-30-34(6)19-23/h7-15,18-20H,16-17H2,1-6H3,(H,31,32,33). The summed E-state index contributed by atoms with van der Waals surface area (Å²) in [6.07, 6.45) is 5.86. The van der Waals surface area contributed by atoms with E-state index in [9.17, 15) is 0 Å². The maximum Gasteiger partial charge on any atom is 0.237 e. The fourth-order valence-corrected chi connectivity index (χ4v) is 4.61. The predicted molar refractivity (Wildman–Crippen MR) is 149 cm³/mol. The average molecular weight is 502 g/mol. The van der Waals surface area contributed by atoms with Crippen molar-refractivity contribution in [2.75, 3.05) is 4.72 Å². The van der Waals surface area contributed by atoms with Gasteiger partial charge >= 0.3 is 0 Å². The topological polar surface area (TPSA) is 64.9 Å². The Balaban J connectivity index is 1.85. The summed E-state index contributed by atoms with van der Waals surface area (Å²) in [4.78, 5) is 10.9. The number of para-hydroxylation sites is 1. The van der Waals surface area contributed by atoms with Crippen LogP contribution in [0.5, 0.6) is 11.6 Å². The van der Waals surface area contributed by atoms with Gasteiger partial charge in [0.2, 0.25) is 11.8 Å². The van der Waals surface area contributed by atoms with Crippen LogP contribution in [0.15, 0.2) is 71.9 Å². The molecule has 1 N–H and O–H groups in total. The minimum Gasteiger partial charge on any atom is -0.439 e. The van der Waals surface area contributed by atoms with Gasteiger partial charge in [0.15, 0.2) is 0 Å². The van der Waals surface area contributed by atoms with E-state index in [0.717, 1.165) is 40.3 Å². The highest BCUT2D eigenvalue weighted by Gasteiger charge is 2.29. The second kappa shape index (κ2) is 11.2. The van der Waals surface area contributed by atoms with Crippen LogP contribution in [0, 0.1) is 5.92 Å². The Kier molecular flexibility index (Phi) is 7.99. The van der Waals surface area contributed by atoms with Crippen molar-refractivity contribution in [2.24, 2.45) is 13.0 Å². The summed E-state index contributed by atoms with van der Waals surface area (Å²) in [6.45, 7) is 11.1. The van der Waals surface area contributed by atoms with Crippen molar-refractivity contribution in [1.29, 1.82) is 0 Å². The Hall–Kier alpha value is -3.32. The molecule has 2 heterocycles. The molecule has 0 amide bonds. The van der Waals surface area contributed by atoms with Crippen molar-refractivity contribution in [3.63, 3.8) is 0 Å². The fourth-order valence-electron chi connectivity index (χ4n) is 4.00. The van der Waals surface area contributed by atoms with E-state index in [2.05, 4.69) is 68.7 Å². The molecule has 4 rings (SSSR count). The highest BCUT2D eigenvalue weighted by molar-refractivity contribution is 8.00. The highest BCUT2D eigenvalue weighted by atomic mass is 32.2. The molecule has 36 heavy (non-hydrogen) atoms. The quantitative estimate of drug-likeness (QED) is 0.237. The molecule has 2 aromatic carbocycles. The maximum absolute atomic E-state index is 6.42. The van der Waals surface area contributed by atoms with E-state index < -0.39 is 0 Å². The van der Waals surface area contributed by atoms with Crippen molar-refractivity contribution >= 4 is 17.9 Å². The molecule has 0 saturated heterocycles. The van der Waals surface area contributed by atoms with Crippen LogP contribution in [0.3, 0.4) is 0 Å². The first-order valence-electron chi connectivity index (χ1n) is 12.4. The van der Waals surface area contributed by atoms with Gasteiger partial charge in [-0.3, -0.25) is 9.40 Å². The van der Waals surface area contributed by atoms with Crippen molar-refractivity contribution in [3.8, 4) is 22.9 Å². The van der Waals surface area contributed by atoms with Crippen LogP contribution in [0.2, 0.25) is 0 Å². The predicted octanol–water partition coefficient (Wildman–Crippen LogP) is 7.67. The molecular formula is C29H35N5OS. The molecule has 0 bridgehead atoms. The molecular weight excluding hydrogens is 466 g/mol. The van der Waals surface area contributed by atoms with Crippen LogP contribution >= 0.6 is 11.9 Å². The second-order valence-corrected chi connectivity index (χ2v) is 11.3. The number of hydrogen-bond donors (Lipinski definition) is 1. The third kappa shape index (κ3) is 6.46. The van der Waals surface area contributed by atoms with Gasteiger partial charge in [0.25, 0.3) is 0 Å². The lowest BCUT2D eigenvalue weighted by atomic mass is 9.83. The molecule has 0 unspecified atom stereocenters. The first kappa shape index (κ1) is 25.8. The monoisotopic (exact) mass is 501 g/mol. The summed E-state index contributed by atoms with van der Waals surface area (Å²) in [5.41, 5.74) is 4.04. The van der Waals surface area contributed by atoms with E-state index in [1.807, 2.05) is 49.8 Å². The molecule has 0 radical (unpaired) electrons. The summed E-state index contributed by atoms with van der Waals surface area (Å²) in [5, 5.41) is 4.25. The number of hydrogen-bond acceptors (Lipinski definition) is 6. The molecule has 0 spiro atoms. The van der Waals surface area contributed by atoms with Gasteiger partial charge in [-0.15, -0.1) is 0 Å². The summed E-state index contributed by atoms with van der Waals surface area (Å²) in [5.74, 6) is 2.42. The van der Waals surface area contributed by atoms with E-state index >= 15 is 0 Å². The molecule has 6 nitrogen and oxygen atoms in total. The number of aromatic nitrogens is 4. The molecule has 0 aliphatic rings. The Labute approximate surface area is 218 Å². The summed E-state index contributed by atoms with van der Waals surface area (Å²) < 4.78 is 11.5. The molecule has 0 aliphatic heterocycles. The minimum atomic E-state index is -0.250. The van der Waals surface area contributed by atoms with Gasteiger partial charge in [-0.1, -0.05) is 77.1 Å². The highest BCUT2D eigenvalue weighted by Crippen LogP contribution is 2.41. The van der Waals surface area contributed by atoms with Gasteiger partial charge in [0.1, 0.15) is 5.75 Å². The van der Waals surface area contributed by atoms with E-state index in [0.29, 0.717) is 17.7 Å². The van der Waals surface area contributed by atoms with Crippen molar-refractivity contribution in [2.45, 2.75) is 57.8 Å². The van der Waals surface area contributed by atoms with Gasteiger partial charge in [-0.2, -0.15) is 10.1 Å². The molecule has 0 saturated carbocycles. The number of nitrogens with zero attached hydrogens (tertiary/aromatic N) is 4. The maximum atomic E-state index is 6.42. The van der Waals surface area contributed by atoms with Crippen LogP contribution in [-0.4, -0.2) is 19.7 Å². The van der Waals surface area contributed by atoms with Crippen LogP contribution in [0.4, 0.5) is 5.95 Å². The minimum absolute atomic E-state index is 0.250. The van der Waals surface area contributed by atoms with E-state index in [1.54, 1.807) is 4.68 Å². The van der Waals surface area contributed by atoms with E-state index in [4.69, 9.17) is 14.7 Å². The van der Waals surface area contributed by atoms with E-state index in [1.165, 1.54) is 17.5 Å². The summed E-state index contributed by atoms with van der Waals surface area (Å²) >= 11 is 1.43. The SMILES string of the molecule is CC(C)CCc1ccccc1-c1nc(NSc2cnn(C)c2)nc(Oc2ccccc2)c1C(C)(C)C. The molecule has 4 aromatic rings. The summed E-state index contributed by atoms with van der Waals surface area (Å²) in [7, 11) is 1.90. The normalized spacial score (nSPS) is 11.6. The number of nitrogens with one attached hydrogen (secondary N) is 1. The van der Waals surface area contributed by atoms with Crippen LogP contribution in [0.25, 0.3) is 11.3 Å². The Bertz CT molecular complexity index is 1290. The largest absolute Gasteiger partial charge is 0.439 e. The van der Waals surface area contributed by atoms with Gasteiger partial charge in [0.05, 0.1) is 16.8 Å². The molecule has 2 aromatic heterocycles. The van der Waals surface area contributed by atoms with Crippen molar-refractivity contribution in [3.05, 3.63) is 78.1 Å². The number of benzene rings is 2. The van der Waals surface area contributed by atoms with Gasteiger partial charge < -0.3 is 4.74 Å². The third-order valence-corrected chi connectivity index (χ3v) is 6.52. The second-order valence-electron chi connectivity index (χ2n) is 10.4. The van der Waals surface area contributed by atoms with E-state index in [-0.39, 0.29) is 5.41 Å². The van der Waals surface area contributed by atoms with Gasteiger partial charge in [0, 0.05) is 24.4 Å². The van der Waals surface area contributed by atoms with Crippen molar-refractivity contribution in [1.82, 2.24) is 19.7 Å². The lowest BCUT2D eigenvalue weighted by molar-refractivity contribution is 0.436. The Morgan fingerprint density at radius 2 is 1.72 bits per heavy atom. The van der Waals surface area contributed by atoms with Crippen LogP contribution in [-0.2, 0) is 18.9 Å². The lowest BCUT2D eigenvalue weighted by Crippen LogP contribution is -2.18.